The molecule has 15 heavy (non-hydrogen) atoms. The summed E-state index contributed by atoms with van der Waals surface area (Å²) < 4.78 is 7.38. The van der Waals surface area contributed by atoms with E-state index in [0.717, 1.165) is 31.1 Å². The van der Waals surface area contributed by atoms with Crippen LogP contribution in [0.25, 0.3) is 0 Å². The molecular formula is C10H12N4O. The molecule has 0 spiro atoms. The molecule has 0 amide bonds. The molecule has 0 N–H and O–H groups in total. The molecule has 78 valence electrons. The first-order chi connectivity index (χ1) is 7.33. The summed E-state index contributed by atoms with van der Waals surface area (Å²) in [5.41, 5.74) is 0. The molecule has 0 aromatic carbocycles. The lowest BCUT2D eigenvalue weighted by molar-refractivity contribution is 0.322. The highest BCUT2D eigenvalue weighted by Crippen LogP contribution is 2.27. The molecule has 1 aliphatic heterocycles. The van der Waals surface area contributed by atoms with Crippen LogP contribution in [0.5, 0.6) is 0 Å². The minimum absolute atomic E-state index is 0.334. The number of hydrogen-bond donors (Lipinski definition) is 0. The highest BCUT2D eigenvalue weighted by molar-refractivity contribution is 5.05. The van der Waals surface area contributed by atoms with Crippen LogP contribution in [0, 0.1) is 6.92 Å². The van der Waals surface area contributed by atoms with Gasteiger partial charge in [0, 0.05) is 31.3 Å². The lowest BCUT2D eigenvalue weighted by Gasteiger charge is -2.19. The number of fused-ring (bicyclic) bond motifs is 1. The Balaban J connectivity index is 1.87. The Morgan fingerprint density at radius 3 is 3.27 bits per heavy atom. The minimum atomic E-state index is 0.334. The van der Waals surface area contributed by atoms with E-state index in [1.807, 2.05) is 19.3 Å². The van der Waals surface area contributed by atoms with Gasteiger partial charge in [0.25, 0.3) is 0 Å². The summed E-state index contributed by atoms with van der Waals surface area (Å²) in [4.78, 5) is 8.59. The van der Waals surface area contributed by atoms with E-state index in [-0.39, 0.29) is 0 Å². The highest BCUT2D eigenvalue weighted by atomic mass is 16.5. The fourth-order valence-electron chi connectivity index (χ4n) is 2.04. The summed E-state index contributed by atoms with van der Waals surface area (Å²) in [5.74, 6) is 2.91. The Morgan fingerprint density at radius 2 is 2.47 bits per heavy atom. The number of aryl methyl sites for hydroxylation is 2. The molecule has 2 aromatic heterocycles. The van der Waals surface area contributed by atoms with Crippen molar-refractivity contribution in [3.63, 3.8) is 0 Å². The second-order valence-corrected chi connectivity index (χ2v) is 3.91. The van der Waals surface area contributed by atoms with Crippen molar-refractivity contribution in [3.05, 3.63) is 29.9 Å². The van der Waals surface area contributed by atoms with E-state index < -0.39 is 0 Å². The maximum Gasteiger partial charge on any atom is 0.230 e. The summed E-state index contributed by atoms with van der Waals surface area (Å²) in [5, 5.41) is 3.82. The van der Waals surface area contributed by atoms with Crippen LogP contribution < -0.4 is 0 Å². The van der Waals surface area contributed by atoms with Gasteiger partial charge in [0.15, 0.2) is 5.82 Å². The molecule has 5 heteroatoms. The van der Waals surface area contributed by atoms with Crippen molar-refractivity contribution >= 4 is 0 Å². The van der Waals surface area contributed by atoms with Gasteiger partial charge in [-0.3, -0.25) is 0 Å². The molecule has 1 atom stereocenters. The predicted octanol–water partition coefficient (Wildman–Crippen LogP) is 1.30. The topological polar surface area (TPSA) is 56.7 Å². The van der Waals surface area contributed by atoms with Crippen molar-refractivity contribution in [2.24, 2.45) is 0 Å². The van der Waals surface area contributed by atoms with E-state index in [1.54, 1.807) is 0 Å². The van der Waals surface area contributed by atoms with E-state index in [9.17, 15) is 0 Å². The minimum Gasteiger partial charge on any atom is -0.339 e. The molecule has 0 saturated heterocycles. The van der Waals surface area contributed by atoms with Crippen LogP contribution in [0.1, 0.15) is 29.9 Å². The lowest BCUT2D eigenvalue weighted by Crippen LogP contribution is -2.18. The van der Waals surface area contributed by atoms with Gasteiger partial charge in [0.05, 0.1) is 0 Å². The number of nitrogens with zero attached hydrogens (tertiary/aromatic N) is 4. The zero-order valence-electron chi connectivity index (χ0n) is 8.55. The summed E-state index contributed by atoms with van der Waals surface area (Å²) >= 11 is 0. The molecule has 0 bridgehead atoms. The summed E-state index contributed by atoms with van der Waals surface area (Å²) in [7, 11) is 0. The molecule has 1 aliphatic rings. The van der Waals surface area contributed by atoms with Gasteiger partial charge in [-0.2, -0.15) is 4.98 Å². The Bertz CT molecular complexity index is 473. The van der Waals surface area contributed by atoms with Gasteiger partial charge < -0.3 is 9.09 Å². The van der Waals surface area contributed by atoms with Gasteiger partial charge >= 0.3 is 0 Å². The molecule has 1 unspecified atom stereocenters. The number of hydrogen-bond acceptors (Lipinski definition) is 4. The van der Waals surface area contributed by atoms with Crippen molar-refractivity contribution in [3.8, 4) is 0 Å². The van der Waals surface area contributed by atoms with E-state index in [0.29, 0.717) is 11.7 Å². The highest BCUT2D eigenvalue weighted by Gasteiger charge is 2.24. The van der Waals surface area contributed by atoms with E-state index in [4.69, 9.17) is 4.52 Å². The molecule has 3 rings (SSSR count). The first-order valence-electron chi connectivity index (χ1n) is 5.13. The quantitative estimate of drug-likeness (QED) is 0.702. The second kappa shape index (κ2) is 3.18. The Morgan fingerprint density at radius 1 is 1.53 bits per heavy atom. The van der Waals surface area contributed by atoms with Crippen LogP contribution in [-0.2, 0) is 13.0 Å². The number of aromatic nitrogens is 4. The van der Waals surface area contributed by atoms with E-state index >= 15 is 0 Å². The maximum absolute atomic E-state index is 5.20. The monoisotopic (exact) mass is 204 g/mol. The second-order valence-electron chi connectivity index (χ2n) is 3.91. The normalized spacial score (nSPS) is 20.2. The fraction of sp³-hybridized carbons (Fsp3) is 0.500. The van der Waals surface area contributed by atoms with Crippen LogP contribution in [0.4, 0.5) is 0 Å². The van der Waals surface area contributed by atoms with Gasteiger partial charge in [-0.1, -0.05) is 5.16 Å². The maximum atomic E-state index is 5.20. The summed E-state index contributed by atoms with van der Waals surface area (Å²) in [6, 6.07) is 0. The molecule has 3 heterocycles. The van der Waals surface area contributed by atoms with Crippen LogP contribution in [0.3, 0.4) is 0 Å². The number of rotatable bonds is 1. The van der Waals surface area contributed by atoms with Crippen molar-refractivity contribution in [2.45, 2.75) is 32.2 Å². The van der Waals surface area contributed by atoms with Gasteiger partial charge in [0.2, 0.25) is 5.89 Å². The Hall–Kier alpha value is -1.65. The standard InChI is InChI=1S/C10H12N4O/c1-7-12-10(15-13-7)8-2-4-14-5-3-11-9(14)6-8/h3,5,8H,2,4,6H2,1H3. The van der Waals surface area contributed by atoms with Gasteiger partial charge in [-0.05, 0) is 13.3 Å². The van der Waals surface area contributed by atoms with Crippen LogP contribution in [-0.4, -0.2) is 19.7 Å². The van der Waals surface area contributed by atoms with Crippen molar-refractivity contribution < 1.29 is 4.52 Å². The summed E-state index contributed by atoms with van der Waals surface area (Å²) in [6.07, 6.45) is 5.81. The largest absolute Gasteiger partial charge is 0.339 e. The van der Waals surface area contributed by atoms with Crippen LogP contribution >= 0.6 is 0 Å². The average Bonchev–Trinajstić information content (AvgIpc) is 2.84. The third-order valence-corrected chi connectivity index (χ3v) is 2.84. The molecular weight excluding hydrogens is 192 g/mol. The average molecular weight is 204 g/mol. The Kier molecular flexibility index (Phi) is 1.83. The molecule has 0 radical (unpaired) electrons. The molecule has 0 aliphatic carbocycles. The number of imidazole rings is 1. The summed E-state index contributed by atoms with van der Waals surface area (Å²) in [6.45, 7) is 2.83. The third kappa shape index (κ3) is 1.44. The van der Waals surface area contributed by atoms with Gasteiger partial charge in [0.1, 0.15) is 5.82 Å². The van der Waals surface area contributed by atoms with E-state index in [1.165, 1.54) is 0 Å². The molecule has 0 saturated carbocycles. The predicted molar refractivity (Wildman–Crippen MR) is 52.3 cm³/mol. The smallest absolute Gasteiger partial charge is 0.230 e. The van der Waals surface area contributed by atoms with Crippen LogP contribution in [0.2, 0.25) is 0 Å². The zero-order valence-corrected chi connectivity index (χ0v) is 8.55. The molecule has 2 aromatic rings. The zero-order chi connectivity index (χ0) is 10.3. The lowest BCUT2D eigenvalue weighted by atomic mass is 9.98. The molecule has 0 fully saturated rings. The first kappa shape index (κ1) is 8.64. The van der Waals surface area contributed by atoms with Crippen molar-refractivity contribution in [1.29, 1.82) is 0 Å². The van der Waals surface area contributed by atoms with Crippen LogP contribution in [0.15, 0.2) is 16.9 Å². The fourth-order valence-corrected chi connectivity index (χ4v) is 2.04. The Labute approximate surface area is 87.1 Å². The molecule has 5 nitrogen and oxygen atoms in total. The van der Waals surface area contributed by atoms with Crippen molar-refractivity contribution in [2.75, 3.05) is 0 Å². The van der Waals surface area contributed by atoms with E-state index in [2.05, 4.69) is 19.7 Å². The SMILES string of the molecule is Cc1noc(C2CCn3ccnc3C2)n1. The van der Waals surface area contributed by atoms with Gasteiger partial charge in [-0.25, -0.2) is 4.98 Å². The third-order valence-electron chi connectivity index (χ3n) is 2.84. The van der Waals surface area contributed by atoms with Crippen molar-refractivity contribution in [1.82, 2.24) is 19.7 Å². The first-order valence-corrected chi connectivity index (χ1v) is 5.13. The van der Waals surface area contributed by atoms with Gasteiger partial charge in [-0.15, -0.1) is 0 Å².